The Morgan fingerprint density at radius 2 is 1.35 bits per heavy atom. The Morgan fingerprint density at radius 1 is 0.717 bits per heavy atom. The predicted molar refractivity (Wildman–Crippen MR) is 248 cm³/mol. The number of aryl methyl sites for hydroxylation is 1. The molecule has 4 N–H and O–H groups in total. The van der Waals surface area contributed by atoms with Gasteiger partial charge in [-0.05, 0) is 117 Å². The first kappa shape index (κ1) is 40.3. The lowest BCUT2D eigenvalue weighted by molar-refractivity contribution is 0.0734. The monoisotopic (exact) mass is 797 g/mol. The van der Waals surface area contributed by atoms with Crippen LogP contribution in [0.4, 0.5) is 28.4 Å². The first-order valence-electron chi connectivity index (χ1n) is 21.4. The van der Waals surface area contributed by atoms with Crippen molar-refractivity contribution in [3.8, 4) is 5.75 Å². The van der Waals surface area contributed by atoms with Crippen molar-refractivity contribution in [2.24, 2.45) is 10.2 Å². The van der Waals surface area contributed by atoms with Crippen LogP contribution in [-0.4, -0.2) is 43.3 Å². The highest BCUT2D eigenvalue weighted by Crippen LogP contribution is 2.35. The number of allylic oxidation sites excluding steroid dienone is 1. The number of nitrogens with one attached hydrogen (secondary N) is 4. The van der Waals surface area contributed by atoms with Crippen LogP contribution in [-0.2, 0) is 6.42 Å². The second-order valence-electron chi connectivity index (χ2n) is 15.7. The molecule has 1 aliphatic heterocycles. The van der Waals surface area contributed by atoms with Gasteiger partial charge in [0.25, 0.3) is 0 Å². The number of esters is 1. The zero-order chi connectivity index (χ0) is 41.3. The second kappa shape index (κ2) is 19.1. The van der Waals surface area contributed by atoms with Gasteiger partial charge >= 0.3 is 5.97 Å². The van der Waals surface area contributed by atoms with Crippen molar-refractivity contribution in [2.75, 3.05) is 42.4 Å². The van der Waals surface area contributed by atoms with E-state index in [2.05, 4.69) is 112 Å². The number of azo groups is 1. The summed E-state index contributed by atoms with van der Waals surface area (Å²) in [6.45, 7) is 10.2. The van der Waals surface area contributed by atoms with Crippen molar-refractivity contribution in [3.63, 3.8) is 0 Å². The summed E-state index contributed by atoms with van der Waals surface area (Å²) in [5.41, 5.74) is 10.7. The van der Waals surface area contributed by atoms with Gasteiger partial charge in [-0.1, -0.05) is 86.5 Å². The first-order chi connectivity index (χ1) is 29.5. The average Bonchev–Trinajstić information content (AvgIpc) is 3.28. The molecule has 8 rings (SSSR count). The summed E-state index contributed by atoms with van der Waals surface area (Å²) in [5.74, 6) is 0.119. The van der Waals surface area contributed by atoms with Crippen molar-refractivity contribution in [2.45, 2.75) is 65.3 Å². The molecule has 0 saturated carbocycles. The summed E-state index contributed by atoms with van der Waals surface area (Å²) in [7, 11) is 0. The third-order valence-corrected chi connectivity index (χ3v) is 11.5. The van der Waals surface area contributed by atoms with E-state index in [1.807, 2.05) is 48.5 Å². The topological polar surface area (TPSA) is 102 Å². The van der Waals surface area contributed by atoms with E-state index in [9.17, 15) is 4.79 Å². The highest BCUT2D eigenvalue weighted by atomic mass is 16.5. The fraction of sp³-hybridized carbons (Fsp3) is 0.275. The lowest BCUT2D eigenvalue weighted by Gasteiger charge is -2.37. The number of nitrogens with zero attached hydrogens (tertiary/aromatic N) is 3. The molecule has 1 unspecified atom stereocenters. The average molecular weight is 798 g/mol. The quantitative estimate of drug-likeness (QED) is 0.0335. The van der Waals surface area contributed by atoms with Crippen LogP contribution in [0.15, 0.2) is 154 Å². The highest BCUT2D eigenvalue weighted by molar-refractivity contribution is 6.03. The largest absolute Gasteiger partial charge is 0.423 e. The van der Waals surface area contributed by atoms with Crippen LogP contribution in [0.3, 0.4) is 0 Å². The van der Waals surface area contributed by atoms with Gasteiger partial charge in [-0.15, -0.1) is 5.11 Å². The second-order valence-corrected chi connectivity index (χ2v) is 15.7. The number of ether oxygens (including phenoxy) is 1. The summed E-state index contributed by atoms with van der Waals surface area (Å²) < 4.78 is 5.58. The van der Waals surface area contributed by atoms with Crippen LogP contribution < -0.4 is 26.0 Å². The molecule has 9 nitrogen and oxygen atoms in total. The number of fused-ring (bicyclic) bond motifs is 2. The number of benzene rings is 6. The van der Waals surface area contributed by atoms with E-state index in [-0.39, 0.29) is 0 Å². The SMILES string of the molecule is CCCc1ccc(OC(=O)c2ccc(N=Nc3ccc(NCNc4ccc(NCNC5CC6=C(C=C5C)N(CCC)CCC6)c5ccccc45)c4ccccc34)cc2)cc1. The Kier molecular flexibility index (Phi) is 12.8. The van der Waals surface area contributed by atoms with E-state index in [0.29, 0.717) is 36.4 Å². The molecule has 9 heteroatoms. The molecule has 0 spiro atoms. The normalized spacial score (nSPS) is 15.3. The molecular formula is C51H55N7O2. The zero-order valence-electron chi connectivity index (χ0n) is 34.9. The van der Waals surface area contributed by atoms with Crippen molar-refractivity contribution >= 4 is 56.0 Å². The number of rotatable bonds is 16. The van der Waals surface area contributed by atoms with E-state index in [1.165, 1.54) is 48.0 Å². The maximum Gasteiger partial charge on any atom is 0.343 e. The Bertz CT molecular complexity index is 2540. The van der Waals surface area contributed by atoms with Gasteiger partial charge in [0.1, 0.15) is 5.75 Å². The Morgan fingerprint density at radius 3 is 2.02 bits per heavy atom. The van der Waals surface area contributed by atoms with E-state index in [1.54, 1.807) is 29.8 Å². The fourth-order valence-electron chi connectivity index (χ4n) is 8.40. The lowest BCUT2D eigenvalue weighted by Crippen LogP contribution is -2.39. The molecule has 0 fully saturated rings. The van der Waals surface area contributed by atoms with Gasteiger partial charge in [0, 0.05) is 63.4 Å². The number of hydrogen-bond donors (Lipinski definition) is 4. The van der Waals surface area contributed by atoms with Crippen molar-refractivity contribution in [3.05, 3.63) is 155 Å². The highest BCUT2D eigenvalue weighted by Gasteiger charge is 2.26. The van der Waals surface area contributed by atoms with Crippen LogP contribution in [0.5, 0.6) is 5.75 Å². The first-order valence-corrected chi connectivity index (χ1v) is 21.4. The Hall–Kier alpha value is -6.45. The van der Waals surface area contributed by atoms with Gasteiger partial charge in [-0.2, -0.15) is 5.11 Å². The molecule has 0 bridgehead atoms. The molecule has 0 aromatic heterocycles. The van der Waals surface area contributed by atoms with Gasteiger partial charge in [0.05, 0.1) is 30.3 Å². The molecule has 306 valence electrons. The predicted octanol–water partition coefficient (Wildman–Crippen LogP) is 12.5. The van der Waals surface area contributed by atoms with Crippen LogP contribution in [0.2, 0.25) is 0 Å². The van der Waals surface area contributed by atoms with Crippen molar-refractivity contribution in [1.29, 1.82) is 0 Å². The summed E-state index contributed by atoms with van der Waals surface area (Å²) in [4.78, 5) is 15.3. The number of hydrogen-bond acceptors (Lipinski definition) is 9. The van der Waals surface area contributed by atoms with Crippen LogP contribution >= 0.6 is 0 Å². The molecule has 0 amide bonds. The standard InChI is InChI=1S/C51H55N7O2/c1-4-11-36-17-23-40(24-18-36)60-51(59)37-19-21-39(22-20-37)56-57-48-28-27-47(43-15-8-9-16-44(43)48)53-33-52-45-25-26-46(42-14-7-6-13-41(42)45)54-34-55-49-32-38-12-10-30-58(29-5-2)50(38)31-35(49)3/h6-9,13-28,31,49,52-55H,4-5,10-12,29-30,32-34H2,1-3H3. The van der Waals surface area contributed by atoms with E-state index in [4.69, 9.17) is 4.74 Å². The molecular weight excluding hydrogens is 743 g/mol. The summed E-state index contributed by atoms with van der Waals surface area (Å²) in [6.07, 6.45) is 9.23. The minimum absolute atomic E-state index is 0.348. The van der Waals surface area contributed by atoms with Crippen molar-refractivity contribution in [1.82, 2.24) is 10.2 Å². The van der Waals surface area contributed by atoms with Crippen molar-refractivity contribution < 1.29 is 9.53 Å². The maximum atomic E-state index is 12.8. The maximum absolute atomic E-state index is 12.8. The van der Waals surface area contributed by atoms with Gasteiger partial charge in [-0.25, -0.2) is 4.79 Å². The van der Waals surface area contributed by atoms with Gasteiger partial charge in [-0.3, -0.25) is 5.32 Å². The summed E-state index contributed by atoms with van der Waals surface area (Å²) in [6, 6.07) is 40.1. The fourth-order valence-corrected chi connectivity index (χ4v) is 8.40. The summed E-state index contributed by atoms with van der Waals surface area (Å²) >= 11 is 0. The summed E-state index contributed by atoms with van der Waals surface area (Å²) in [5, 5.41) is 28.2. The zero-order valence-corrected chi connectivity index (χ0v) is 34.9. The number of anilines is 3. The molecule has 6 aromatic carbocycles. The van der Waals surface area contributed by atoms with E-state index in [0.717, 1.165) is 64.7 Å². The molecule has 2 aliphatic rings. The Balaban J connectivity index is 0.874. The van der Waals surface area contributed by atoms with Crippen LogP contribution in [0, 0.1) is 0 Å². The lowest BCUT2D eigenvalue weighted by atomic mass is 9.87. The molecule has 6 aromatic rings. The minimum Gasteiger partial charge on any atom is -0.423 e. The molecule has 0 radical (unpaired) electrons. The third kappa shape index (κ3) is 9.37. The minimum atomic E-state index is -0.409. The van der Waals surface area contributed by atoms with Crippen LogP contribution in [0.1, 0.15) is 68.8 Å². The van der Waals surface area contributed by atoms with Gasteiger partial charge in [0.15, 0.2) is 0 Å². The van der Waals surface area contributed by atoms with Gasteiger partial charge in [0.2, 0.25) is 0 Å². The van der Waals surface area contributed by atoms with Gasteiger partial charge < -0.3 is 25.6 Å². The van der Waals surface area contributed by atoms with Crippen LogP contribution in [0.25, 0.3) is 21.5 Å². The molecule has 1 aliphatic carbocycles. The third-order valence-electron chi connectivity index (χ3n) is 11.5. The molecule has 1 atom stereocenters. The molecule has 60 heavy (non-hydrogen) atoms. The Labute approximate surface area is 353 Å². The van der Waals surface area contributed by atoms with E-state index < -0.39 is 5.97 Å². The number of carbonyl (C=O) groups is 1. The molecule has 1 heterocycles. The smallest absolute Gasteiger partial charge is 0.343 e. The van der Waals surface area contributed by atoms with E-state index >= 15 is 0 Å². The molecule has 0 saturated heterocycles. The number of carbonyl (C=O) groups excluding carboxylic acids is 1.